The van der Waals surface area contributed by atoms with Gasteiger partial charge in [0.25, 0.3) is 0 Å². The number of halogens is 2. The number of aliphatic hydroxyl groups excluding tert-OH is 6. The number of amides is 7. The second kappa shape index (κ2) is 35.9. The minimum atomic E-state index is -2.36. The second-order valence-corrected chi connectivity index (χ2v) is 29.7. The molecule has 11 bridgehead atoms. The van der Waals surface area contributed by atoms with Gasteiger partial charge in [-0.1, -0.05) is 73.5 Å². The van der Waals surface area contributed by atoms with Crippen molar-refractivity contribution in [2.45, 2.75) is 176 Å². The van der Waals surface area contributed by atoms with Crippen LogP contribution < -0.4 is 67.2 Å². The van der Waals surface area contributed by atoms with Gasteiger partial charge in [0.2, 0.25) is 53.4 Å². The van der Waals surface area contributed by atoms with E-state index in [2.05, 4.69) is 49.1 Å². The molecule has 0 unspecified atom stereocenters. The number of carboxylic acids is 1. The molecule has 18 atom stereocenters. The van der Waals surface area contributed by atoms with Gasteiger partial charge >= 0.3 is 5.97 Å². The molecule has 0 spiro atoms. The molecule has 7 amide bonds. The Morgan fingerprint density at radius 2 is 1.36 bits per heavy atom. The lowest BCUT2D eigenvalue weighted by atomic mass is 9.84. The first kappa shape index (κ1) is 84.5. The third kappa shape index (κ3) is 18.8. The van der Waals surface area contributed by atoms with Crippen LogP contribution in [0, 0.1) is 5.92 Å². The predicted molar refractivity (Wildman–Crippen MR) is 403 cm³/mol. The molecule has 6 aromatic carbocycles. The van der Waals surface area contributed by atoms with Crippen molar-refractivity contribution in [3.8, 4) is 62.9 Å². The average molecular weight is 1620 g/mol. The number of aromatic hydroxyl groups is 3. The summed E-state index contributed by atoms with van der Waals surface area (Å²) < 4.78 is 45.3. The average Bonchev–Trinajstić information content (AvgIpc) is 0.770. The van der Waals surface area contributed by atoms with E-state index >= 15 is 14.4 Å². The van der Waals surface area contributed by atoms with Crippen molar-refractivity contribution in [1.29, 1.82) is 0 Å². The number of phenolic OH excluding ortho intramolecular Hbond substituents is 3. The molecule has 20 N–H and O–H groups in total. The molecule has 7 aliphatic rings. The first-order valence-electron chi connectivity index (χ1n) is 36.4. The molecule has 34 nitrogen and oxygen atoms in total. The lowest BCUT2D eigenvalue weighted by molar-refractivity contribution is -0.334. The summed E-state index contributed by atoms with van der Waals surface area (Å²) in [6, 6.07) is 6.64. The molecule has 13 rings (SSSR count). The topological polar surface area (TPSA) is 526 Å². The van der Waals surface area contributed by atoms with Crippen molar-refractivity contribution in [2.75, 3.05) is 20.3 Å². The van der Waals surface area contributed by atoms with Gasteiger partial charge in [0.15, 0.2) is 29.9 Å². The zero-order valence-electron chi connectivity index (χ0n) is 62.1. The third-order valence-electron chi connectivity index (χ3n) is 20.2. The van der Waals surface area contributed by atoms with Gasteiger partial charge < -0.3 is 132 Å². The Bertz CT molecular complexity index is 4640. The van der Waals surface area contributed by atoms with Crippen molar-refractivity contribution in [2.24, 2.45) is 11.7 Å². The Labute approximate surface area is 662 Å². The van der Waals surface area contributed by atoms with Crippen molar-refractivity contribution >= 4 is 70.5 Å². The SMILES string of the molecule is C=CCCCOc1ccc(CN[C@@]2(C)C[C@H](O[C@H]3[C@H](Oc4c5cc6cc4Oc4ccc(cc4Cl)[C@@H](O)[C@@H](NC(=O)[C@@H](CC(C)C)NC)C(=O)N[C@@H](CC(N)=O)C(=O)N[C@H]6C(=O)N[C@H]4C(=O)N[C@H](C(=O)N[C@H](C(=O)O)c6cc(O)cc(O)c6-c6cc4ccc6O)[C@H](O)c4ccc(c(Cl)c4)O5)O[C@H](CO)[C@@H](O)[C@@H]3O)O[C@@H](C)[C@H]2O)cc1. The van der Waals surface area contributed by atoms with Crippen LogP contribution in [0.2, 0.25) is 10.0 Å². The number of primary amides is 1. The number of nitrogens with one attached hydrogen (secondary N) is 8. The van der Waals surface area contributed by atoms with Gasteiger partial charge in [-0.15, -0.1) is 6.58 Å². The largest absolute Gasteiger partial charge is 0.508 e. The van der Waals surface area contributed by atoms with E-state index in [0.717, 1.165) is 85.1 Å². The molecule has 36 heteroatoms. The van der Waals surface area contributed by atoms with Crippen molar-refractivity contribution < 1.29 is 123 Å². The fourth-order valence-electron chi connectivity index (χ4n) is 14.1. The molecule has 610 valence electrons. The van der Waals surface area contributed by atoms with E-state index in [1.54, 1.807) is 32.1 Å². The fourth-order valence-corrected chi connectivity index (χ4v) is 14.5. The molecule has 7 aliphatic heterocycles. The van der Waals surface area contributed by atoms with Crippen LogP contribution in [0.5, 0.6) is 51.7 Å². The molecular formula is C78H89Cl2N9O25. The van der Waals surface area contributed by atoms with Crippen molar-refractivity contribution in [1.82, 2.24) is 42.5 Å². The summed E-state index contributed by atoms with van der Waals surface area (Å²) in [5, 5.41) is 136. The number of benzene rings is 6. The van der Waals surface area contributed by atoms with Crippen LogP contribution >= 0.6 is 23.2 Å². The fraction of sp³-hybridized carbons (Fsp3) is 0.410. The van der Waals surface area contributed by atoms with Crippen LogP contribution in [0.3, 0.4) is 0 Å². The van der Waals surface area contributed by atoms with Crippen molar-refractivity contribution in [3.05, 3.63) is 159 Å². The number of ether oxygens (including phenoxy) is 7. The van der Waals surface area contributed by atoms with E-state index < -0.39 is 237 Å². The highest BCUT2D eigenvalue weighted by Gasteiger charge is 2.52. The zero-order chi connectivity index (χ0) is 82.5. The Hall–Kier alpha value is -10.4. The number of fused-ring (bicyclic) bond motifs is 15. The second-order valence-electron chi connectivity index (χ2n) is 28.9. The normalized spacial score (nSPS) is 27.3. The number of carbonyl (C=O) groups excluding carboxylic acids is 7. The Morgan fingerprint density at radius 3 is 1.97 bits per heavy atom. The number of hydrogen-bond acceptors (Lipinski definition) is 26. The molecule has 0 radical (unpaired) electrons. The molecule has 7 heterocycles. The van der Waals surface area contributed by atoms with Gasteiger partial charge in [0.05, 0.1) is 47.9 Å². The quantitative estimate of drug-likeness (QED) is 0.0363. The van der Waals surface area contributed by atoms with Gasteiger partial charge in [0, 0.05) is 41.3 Å². The van der Waals surface area contributed by atoms with E-state index in [0.29, 0.717) is 12.4 Å². The number of aliphatic hydroxyl groups is 6. The van der Waals surface area contributed by atoms with Crippen LogP contribution in [0.15, 0.2) is 116 Å². The number of carbonyl (C=O) groups is 8. The Balaban J connectivity index is 1.11. The number of unbranched alkanes of at least 4 members (excludes halogenated alkanes) is 1. The van der Waals surface area contributed by atoms with Gasteiger partial charge in [-0.3, -0.25) is 33.6 Å². The minimum absolute atomic E-state index is 0.105. The van der Waals surface area contributed by atoms with E-state index in [9.17, 15) is 75.0 Å². The van der Waals surface area contributed by atoms with E-state index in [1.807, 2.05) is 26.0 Å². The van der Waals surface area contributed by atoms with E-state index in [4.69, 9.17) is 62.1 Å². The lowest BCUT2D eigenvalue weighted by Gasteiger charge is -2.48. The summed E-state index contributed by atoms with van der Waals surface area (Å²) in [4.78, 5) is 118. The number of likely N-dealkylation sites (N-methyl/N-ethyl adjacent to an activating group) is 1. The van der Waals surface area contributed by atoms with Crippen molar-refractivity contribution in [3.63, 3.8) is 0 Å². The maximum absolute atomic E-state index is 16.2. The van der Waals surface area contributed by atoms with Crippen LogP contribution in [0.4, 0.5) is 0 Å². The van der Waals surface area contributed by atoms with Crippen LogP contribution in [0.25, 0.3) is 11.1 Å². The highest BCUT2D eigenvalue weighted by Crippen LogP contribution is 2.50. The summed E-state index contributed by atoms with van der Waals surface area (Å²) in [7, 11) is 1.48. The summed E-state index contributed by atoms with van der Waals surface area (Å²) in [6.45, 7) is 10.4. The highest BCUT2D eigenvalue weighted by atomic mass is 35.5. The zero-order valence-corrected chi connectivity index (χ0v) is 63.6. The van der Waals surface area contributed by atoms with Crippen LogP contribution in [-0.4, -0.2) is 198 Å². The summed E-state index contributed by atoms with van der Waals surface area (Å²) in [6.07, 6.45) is -15.3. The third-order valence-corrected chi connectivity index (χ3v) is 20.8. The summed E-state index contributed by atoms with van der Waals surface area (Å²) in [5.41, 5.74) is 2.49. The molecule has 0 saturated carbocycles. The molecular weight excluding hydrogens is 1530 g/mol. The lowest BCUT2D eigenvalue weighted by Crippen LogP contribution is -2.65. The Morgan fingerprint density at radius 1 is 0.728 bits per heavy atom. The number of aliphatic carboxylic acids is 1. The number of hydrogen-bond donors (Lipinski definition) is 19. The van der Waals surface area contributed by atoms with E-state index in [-0.39, 0.29) is 52.8 Å². The number of allylic oxidation sites excluding steroid dienone is 1. The molecule has 0 aliphatic carbocycles. The summed E-state index contributed by atoms with van der Waals surface area (Å²) >= 11 is 14.3. The first-order chi connectivity index (χ1) is 54.2. The van der Waals surface area contributed by atoms with Gasteiger partial charge in [0.1, 0.15) is 95.2 Å². The number of rotatable bonds is 21. The molecule has 2 fully saturated rings. The molecule has 2 saturated heterocycles. The van der Waals surface area contributed by atoms with Gasteiger partial charge in [-0.05, 0) is 141 Å². The van der Waals surface area contributed by atoms with E-state index in [1.165, 1.54) is 19.2 Å². The molecule has 0 aromatic heterocycles. The first-order valence-corrected chi connectivity index (χ1v) is 37.2. The summed E-state index contributed by atoms with van der Waals surface area (Å²) in [5.74, 6) is -15.4. The maximum atomic E-state index is 16.2. The molecule has 6 aromatic rings. The molecule has 114 heavy (non-hydrogen) atoms. The highest BCUT2D eigenvalue weighted by molar-refractivity contribution is 6.32. The van der Waals surface area contributed by atoms with Gasteiger partial charge in [-0.2, -0.15) is 0 Å². The van der Waals surface area contributed by atoms with Gasteiger partial charge in [-0.25, -0.2) is 4.79 Å². The predicted octanol–water partition coefficient (Wildman–Crippen LogP) is 3.28. The standard InChI is InChI=1S/C78H89Cl2N9O25/c1-7-8-9-20-108-41-15-10-35(11-16-41)31-83-78(5)30-56(109-34(4)69(78)99)113-68-66(98)65(97)54(32-90)112-77(68)114-67-52-25-39-26-53(67)111-51-19-14-38(24-45(51)80)64(96)62-75(105)87-60(76(106)107)43-27-40(91)28-49(93)57(43)42-22-36(12-17-48(42)92)58(72(102)89-62)86-73(103)59(39)85-71(101)47(29-55(81)94)84-74(104)61(88-70(100)46(82-6)21-33(2)3)63(95)37-13-18-50(110-52)44(79)23-37/h7,10-19,22-28,33-34,46-47,54,56,58-66,68-69,77,82-83,90-93,95-99H,1,8-9,20-21,29-32H2,2-6H3,(H2,81,94)(H,84,104)(H,85,101)(H,86,103)(H,87,105)(H,88,100)(H,89,102)(H,106,107)/t34-,46+,47-,54+,56-,58+,59+,60-,61+,62-,63+,64+,65+,66-,68+,69+,77-,78-/m0/s1. The Kier molecular flexibility index (Phi) is 26.6. The monoisotopic (exact) mass is 1620 g/mol. The number of carboxylic acid groups (broad SMARTS) is 1. The van der Waals surface area contributed by atoms with Crippen LogP contribution in [0.1, 0.15) is 124 Å². The maximum Gasteiger partial charge on any atom is 0.330 e. The minimum Gasteiger partial charge on any atom is -0.508 e. The van der Waals surface area contributed by atoms with Crippen LogP contribution in [-0.2, 0) is 59.1 Å². The number of phenols is 3. The number of nitrogens with two attached hydrogens (primary N) is 1. The smallest absolute Gasteiger partial charge is 0.330 e.